The van der Waals surface area contributed by atoms with Gasteiger partial charge in [0.05, 0.1) is 5.70 Å². The van der Waals surface area contributed by atoms with Crippen LogP contribution in [0.5, 0.6) is 0 Å². The normalized spacial score (nSPS) is 12.0. The smallest absolute Gasteiger partial charge is 0.275 e. The molecular formula is C14H16FN3O2. The van der Waals surface area contributed by atoms with Gasteiger partial charge in [-0.3, -0.25) is 14.6 Å². The molecular weight excluding hydrogens is 261 g/mol. The summed E-state index contributed by atoms with van der Waals surface area (Å²) in [6.07, 6.45) is 1.58. The number of carbonyl (C=O) groups is 2. The molecule has 1 aromatic rings. The van der Waals surface area contributed by atoms with Crippen LogP contribution in [-0.2, 0) is 9.59 Å². The number of anilines is 1. The Bertz CT molecular complexity index is 562. The molecule has 20 heavy (non-hydrogen) atoms. The van der Waals surface area contributed by atoms with Crippen LogP contribution in [0, 0.1) is 5.82 Å². The fraction of sp³-hybridized carbons (Fsp3) is 0.214. The summed E-state index contributed by atoms with van der Waals surface area (Å²) in [6.45, 7) is 3.02. The van der Waals surface area contributed by atoms with E-state index in [9.17, 15) is 14.0 Å². The summed E-state index contributed by atoms with van der Waals surface area (Å²) in [7, 11) is 1.45. The maximum atomic E-state index is 12.8. The summed E-state index contributed by atoms with van der Waals surface area (Å²) in [6, 6.07) is 5.36. The summed E-state index contributed by atoms with van der Waals surface area (Å²) in [5, 5.41) is 5.11. The third-order valence-electron chi connectivity index (χ3n) is 2.40. The summed E-state index contributed by atoms with van der Waals surface area (Å²) in [4.78, 5) is 27.0. The van der Waals surface area contributed by atoms with Crippen LogP contribution in [0.4, 0.5) is 10.1 Å². The molecule has 2 amide bonds. The van der Waals surface area contributed by atoms with Gasteiger partial charge in [-0.1, -0.05) is 6.08 Å². The molecule has 0 saturated heterocycles. The molecule has 0 aliphatic carbocycles. The predicted octanol–water partition coefficient (Wildman–Crippen LogP) is 1.87. The molecule has 0 bridgehead atoms. The molecule has 0 aliphatic rings. The third-order valence-corrected chi connectivity index (χ3v) is 2.40. The van der Waals surface area contributed by atoms with Crippen LogP contribution >= 0.6 is 0 Å². The summed E-state index contributed by atoms with van der Waals surface area (Å²) in [5.74, 6) is -1.17. The molecule has 1 aromatic carbocycles. The lowest BCUT2D eigenvalue weighted by Gasteiger charge is -2.11. The van der Waals surface area contributed by atoms with Crippen LogP contribution < -0.4 is 10.6 Å². The van der Waals surface area contributed by atoms with Gasteiger partial charge >= 0.3 is 0 Å². The van der Waals surface area contributed by atoms with Gasteiger partial charge in [0.1, 0.15) is 11.5 Å². The van der Waals surface area contributed by atoms with E-state index in [1.165, 1.54) is 38.2 Å². The number of halogens is 1. The van der Waals surface area contributed by atoms with E-state index in [0.29, 0.717) is 11.4 Å². The molecule has 0 heterocycles. The largest absolute Gasteiger partial charge is 0.325 e. The molecule has 5 nitrogen and oxygen atoms in total. The number of benzene rings is 1. The monoisotopic (exact) mass is 277 g/mol. The third kappa shape index (κ3) is 4.31. The van der Waals surface area contributed by atoms with E-state index in [2.05, 4.69) is 15.6 Å². The van der Waals surface area contributed by atoms with Crippen molar-refractivity contribution in [2.45, 2.75) is 13.8 Å². The Labute approximate surface area is 116 Å². The molecule has 0 atom stereocenters. The molecule has 0 saturated carbocycles. The van der Waals surface area contributed by atoms with Crippen LogP contribution in [0.25, 0.3) is 0 Å². The van der Waals surface area contributed by atoms with Crippen molar-refractivity contribution >= 4 is 23.2 Å². The molecule has 0 aliphatic heterocycles. The maximum Gasteiger partial charge on any atom is 0.275 e. The van der Waals surface area contributed by atoms with Gasteiger partial charge < -0.3 is 10.6 Å². The van der Waals surface area contributed by atoms with Gasteiger partial charge in [-0.2, -0.15) is 0 Å². The first-order valence-corrected chi connectivity index (χ1v) is 5.96. The molecule has 2 N–H and O–H groups in total. The zero-order valence-corrected chi connectivity index (χ0v) is 11.5. The number of amides is 2. The van der Waals surface area contributed by atoms with Crippen molar-refractivity contribution in [2.24, 2.45) is 4.99 Å². The predicted molar refractivity (Wildman–Crippen MR) is 76.0 cm³/mol. The van der Waals surface area contributed by atoms with Gasteiger partial charge in [0.15, 0.2) is 0 Å². The second-order valence-electron chi connectivity index (χ2n) is 3.92. The summed E-state index contributed by atoms with van der Waals surface area (Å²) in [5.41, 5.74) is 0.850. The van der Waals surface area contributed by atoms with Crippen molar-refractivity contribution < 1.29 is 14.0 Å². The van der Waals surface area contributed by atoms with E-state index in [1.807, 2.05) is 0 Å². The Morgan fingerprint density at radius 2 is 1.85 bits per heavy atom. The first kappa shape index (κ1) is 15.6. The average Bonchev–Trinajstić information content (AvgIpc) is 2.40. The van der Waals surface area contributed by atoms with Crippen molar-refractivity contribution in [2.75, 3.05) is 12.4 Å². The highest BCUT2D eigenvalue weighted by molar-refractivity contribution is 6.49. The Hall–Kier alpha value is -2.50. The molecule has 0 spiro atoms. The minimum Gasteiger partial charge on any atom is -0.325 e. The van der Waals surface area contributed by atoms with Gasteiger partial charge in [-0.05, 0) is 31.2 Å². The van der Waals surface area contributed by atoms with Crippen molar-refractivity contribution in [3.8, 4) is 0 Å². The van der Waals surface area contributed by atoms with E-state index >= 15 is 0 Å². The van der Waals surface area contributed by atoms with Crippen LogP contribution in [0.15, 0.2) is 41.0 Å². The van der Waals surface area contributed by atoms with Gasteiger partial charge in [0.2, 0.25) is 5.91 Å². The van der Waals surface area contributed by atoms with Crippen LogP contribution in [-0.4, -0.2) is 24.6 Å². The molecule has 1 rings (SSSR count). The number of rotatable bonds is 4. The maximum absolute atomic E-state index is 12.8. The van der Waals surface area contributed by atoms with E-state index < -0.39 is 5.91 Å². The number of hydrogen-bond donors (Lipinski definition) is 2. The van der Waals surface area contributed by atoms with E-state index in [-0.39, 0.29) is 17.4 Å². The van der Waals surface area contributed by atoms with Gasteiger partial charge in [0, 0.05) is 19.7 Å². The molecule has 0 unspecified atom stereocenters. The highest BCUT2D eigenvalue weighted by atomic mass is 19.1. The number of nitrogens with zero attached hydrogens (tertiary/aromatic N) is 1. The number of carbonyl (C=O) groups excluding carboxylic acids is 2. The lowest BCUT2D eigenvalue weighted by molar-refractivity contribution is -0.118. The lowest BCUT2D eigenvalue weighted by atomic mass is 10.2. The summed E-state index contributed by atoms with van der Waals surface area (Å²) >= 11 is 0. The number of allylic oxidation sites excluding steroid dienone is 1. The van der Waals surface area contributed by atoms with Crippen LogP contribution in [0.2, 0.25) is 0 Å². The van der Waals surface area contributed by atoms with Crippen molar-refractivity contribution in [1.82, 2.24) is 5.32 Å². The average molecular weight is 277 g/mol. The SMILES string of the molecule is C/C=C(\NC(C)=O)C(=NC)C(=O)Nc1ccc(F)cc1. The quantitative estimate of drug-likeness (QED) is 0.825. The zero-order valence-electron chi connectivity index (χ0n) is 11.5. The Morgan fingerprint density at radius 3 is 2.30 bits per heavy atom. The molecule has 106 valence electrons. The van der Waals surface area contributed by atoms with E-state index in [1.54, 1.807) is 13.0 Å². The Kier molecular flexibility index (Phi) is 5.58. The minimum atomic E-state index is -0.485. The number of nitrogens with one attached hydrogen (secondary N) is 2. The Balaban J connectivity index is 2.87. The fourth-order valence-corrected chi connectivity index (χ4v) is 1.53. The molecule has 0 fully saturated rings. The second-order valence-corrected chi connectivity index (χ2v) is 3.92. The topological polar surface area (TPSA) is 70.6 Å². The first-order chi connectivity index (χ1) is 9.47. The van der Waals surface area contributed by atoms with Crippen molar-refractivity contribution in [3.63, 3.8) is 0 Å². The van der Waals surface area contributed by atoms with Gasteiger partial charge in [-0.25, -0.2) is 4.39 Å². The second kappa shape index (κ2) is 7.18. The lowest BCUT2D eigenvalue weighted by Crippen LogP contribution is -2.33. The Morgan fingerprint density at radius 1 is 1.25 bits per heavy atom. The van der Waals surface area contributed by atoms with Crippen LogP contribution in [0.3, 0.4) is 0 Å². The number of hydrogen-bond acceptors (Lipinski definition) is 3. The minimum absolute atomic E-state index is 0.0898. The molecule has 0 aromatic heterocycles. The van der Waals surface area contributed by atoms with E-state index in [0.717, 1.165) is 0 Å². The van der Waals surface area contributed by atoms with Crippen molar-refractivity contribution in [1.29, 1.82) is 0 Å². The van der Waals surface area contributed by atoms with E-state index in [4.69, 9.17) is 0 Å². The molecule has 0 radical (unpaired) electrons. The molecule has 6 heteroatoms. The zero-order chi connectivity index (χ0) is 15.1. The number of aliphatic imine (C=N–C) groups is 1. The fourth-order valence-electron chi connectivity index (χ4n) is 1.53. The van der Waals surface area contributed by atoms with Gasteiger partial charge in [0.25, 0.3) is 5.91 Å². The highest BCUT2D eigenvalue weighted by Gasteiger charge is 2.16. The summed E-state index contributed by atoms with van der Waals surface area (Å²) < 4.78 is 12.8. The van der Waals surface area contributed by atoms with Crippen LogP contribution in [0.1, 0.15) is 13.8 Å². The highest BCUT2D eigenvalue weighted by Crippen LogP contribution is 2.09. The standard InChI is InChI=1S/C14H16FN3O2/c1-4-12(17-9(2)19)13(16-3)14(20)18-11-7-5-10(15)6-8-11/h4-8H,1-3H3,(H,17,19)(H,18,20)/b12-4-,16-13?. The first-order valence-electron chi connectivity index (χ1n) is 5.96. The van der Waals surface area contributed by atoms with Crippen molar-refractivity contribution in [3.05, 3.63) is 41.9 Å². The van der Waals surface area contributed by atoms with Gasteiger partial charge in [-0.15, -0.1) is 0 Å².